The molecule has 20 heavy (non-hydrogen) atoms. The summed E-state index contributed by atoms with van der Waals surface area (Å²) in [6.45, 7) is 4.98. The first kappa shape index (κ1) is 12.9. The lowest BCUT2D eigenvalue weighted by molar-refractivity contribution is -0.123. The fourth-order valence-corrected chi connectivity index (χ4v) is 3.08. The molecule has 2 heterocycles. The number of hydrogen-bond acceptors (Lipinski definition) is 3. The van der Waals surface area contributed by atoms with Crippen molar-refractivity contribution in [2.24, 2.45) is 5.92 Å². The molecule has 1 fully saturated rings. The first-order valence-corrected chi connectivity index (χ1v) is 6.83. The summed E-state index contributed by atoms with van der Waals surface area (Å²) < 4.78 is 5.51. The number of rotatable bonds is 2. The standard InChI is InChI=1S/C16H16N2O2/c1-2-15-13(7-9-20-15)16(19)18-8-6-12-11(10-17)4-3-5-14(12)18/h2-5,13,15H,1,6-9H2/t13-,15+/m1/s1. The highest BCUT2D eigenvalue weighted by Gasteiger charge is 2.37. The van der Waals surface area contributed by atoms with Gasteiger partial charge in [0.2, 0.25) is 5.91 Å². The maximum absolute atomic E-state index is 12.7. The summed E-state index contributed by atoms with van der Waals surface area (Å²) in [6.07, 6.45) is 3.00. The minimum Gasteiger partial charge on any atom is -0.373 e. The molecule has 1 aromatic rings. The van der Waals surface area contributed by atoms with Crippen LogP contribution < -0.4 is 4.90 Å². The molecular formula is C16H16N2O2. The third-order valence-electron chi connectivity index (χ3n) is 4.10. The number of nitrogens with zero attached hydrogens (tertiary/aromatic N) is 2. The van der Waals surface area contributed by atoms with E-state index in [9.17, 15) is 4.79 Å². The first-order chi connectivity index (χ1) is 9.76. The van der Waals surface area contributed by atoms with Gasteiger partial charge in [0.05, 0.1) is 23.7 Å². The van der Waals surface area contributed by atoms with Crippen LogP contribution in [0.4, 0.5) is 5.69 Å². The molecule has 1 aromatic carbocycles. The molecule has 1 saturated heterocycles. The fraction of sp³-hybridized carbons (Fsp3) is 0.375. The Kier molecular flexibility index (Phi) is 3.29. The van der Waals surface area contributed by atoms with Crippen LogP contribution in [0.25, 0.3) is 0 Å². The number of benzene rings is 1. The predicted molar refractivity (Wildman–Crippen MR) is 75.3 cm³/mol. The average molecular weight is 268 g/mol. The molecule has 0 bridgehead atoms. The van der Waals surface area contributed by atoms with E-state index in [1.807, 2.05) is 12.1 Å². The summed E-state index contributed by atoms with van der Waals surface area (Å²) in [4.78, 5) is 14.5. The van der Waals surface area contributed by atoms with Crippen molar-refractivity contribution in [1.29, 1.82) is 5.26 Å². The number of amides is 1. The molecule has 2 aliphatic rings. The average Bonchev–Trinajstić information content (AvgIpc) is 3.12. The van der Waals surface area contributed by atoms with Gasteiger partial charge in [0.25, 0.3) is 0 Å². The summed E-state index contributed by atoms with van der Waals surface area (Å²) in [5.74, 6) is -0.0644. The molecule has 0 spiro atoms. The molecule has 0 radical (unpaired) electrons. The first-order valence-electron chi connectivity index (χ1n) is 6.83. The van der Waals surface area contributed by atoms with Crippen LogP contribution in [-0.2, 0) is 16.0 Å². The Bertz CT molecular complexity index is 603. The minimum absolute atomic E-state index is 0.0845. The smallest absolute Gasteiger partial charge is 0.233 e. The predicted octanol–water partition coefficient (Wildman–Crippen LogP) is 2.04. The summed E-state index contributed by atoms with van der Waals surface area (Å²) >= 11 is 0. The Labute approximate surface area is 118 Å². The van der Waals surface area contributed by atoms with Crippen LogP contribution >= 0.6 is 0 Å². The zero-order valence-electron chi connectivity index (χ0n) is 11.2. The second-order valence-electron chi connectivity index (χ2n) is 5.12. The normalized spacial score (nSPS) is 24.2. The van der Waals surface area contributed by atoms with Gasteiger partial charge in [-0.1, -0.05) is 12.1 Å². The number of fused-ring (bicyclic) bond motifs is 1. The monoisotopic (exact) mass is 268 g/mol. The Balaban J connectivity index is 1.90. The number of nitriles is 1. The Morgan fingerprint density at radius 2 is 2.40 bits per heavy atom. The molecule has 0 aliphatic carbocycles. The van der Waals surface area contributed by atoms with Crippen LogP contribution in [0.3, 0.4) is 0 Å². The molecule has 102 valence electrons. The Hall–Kier alpha value is -2.12. The summed E-state index contributed by atoms with van der Waals surface area (Å²) in [6, 6.07) is 7.75. The Morgan fingerprint density at radius 3 is 3.15 bits per heavy atom. The fourth-order valence-electron chi connectivity index (χ4n) is 3.08. The van der Waals surface area contributed by atoms with E-state index in [4.69, 9.17) is 10.00 Å². The SMILES string of the molecule is C=C[C@@H]1OCC[C@H]1C(=O)N1CCc2c(C#N)cccc21. The van der Waals surface area contributed by atoms with E-state index >= 15 is 0 Å². The molecule has 0 N–H and O–H groups in total. The van der Waals surface area contributed by atoms with Crippen molar-refractivity contribution in [1.82, 2.24) is 0 Å². The van der Waals surface area contributed by atoms with Crippen molar-refractivity contribution < 1.29 is 9.53 Å². The lowest BCUT2D eigenvalue weighted by Gasteiger charge is -2.23. The second kappa shape index (κ2) is 5.10. The van der Waals surface area contributed by atoms with Crippen molar-refractivity contribution >= 4 is 11.6 Å². The van der Waals surface area contributed by atoms with Crippen LogP contribution in [0.1, 0.15) is 17.5 Å². The van der Waals surface area contributed by atoms with E-state index in [-0.39, 0.29) is 17.9 Å². The van der Waals surface area contributed by atoms with Crippen LogP contribution in [0.2, 0.25) is 0 Å². The highest BCUT2D eigenvalue weighted by molar-refractivity contribution is 5.98. The molecule has 2 atom stereocenters. The topological polar surface area (TPSA) is 53.3 Å². The molecule has 0 aromatic heterocycles. The van der Waals surface area contributed by atoms with Gasteiger partial charge in [-0.25, -0.2) is 0 Å². The summed E-state index contributed by atoms with van der Waals surface area (Å²) in [5.41, 5.74) is 2.53. The van der Waals surface area contributed by atoms with Crippen molar-refractivity contribution in [3.8, 4) is 6.07 Å². The molecule has 3 rings (SSSR count). The highest BCUT2D eigenvalue weighted by atomic mass is 16.5. The van der Waals surface area contributed by atoms with E-state index in [0.717, 1.165) is 24.1 Å². The minimum atomic E-state index is -0.189. The van der Waals surface area contributed by atoms with E-state index in [1.165, 1.54) is 0 Å². The van der Waals surface area contributed by atoms with Crippen molar-refractivity contribution in [2.75, 3.05) is 18.1 Å². The van der Waals surface area contributed by atoms with Crippen LogP contribution in [-0.4, -0.2) is 25.2 Å². The van der Waals surface area contributed by atoms with Crippen molar-refractivity contribution in [2.45, 2.75) is 18.9 Å². The maximum atomic E-state index is 12.7. The quantitative estimate of drug-likeness (QED) is 0.771. The van der Waals surface area contributed by atoms with Gasteiger partial charge in [-0.3, -0.25) is 4.79 Å². The van der Waals surface area contributed by atoms with Gasteiger partial charge in [-0.2, -0.15) is 5.26 Å². The van der Waals surface area contributed by atoms with E-state index in [0.29, 0.717) is 18.7 Å². The molecule has 0 saturated carbocycles. The van der Waals surface area contributed by atoms with Crippen molar-refractivity contribution in [3.63, 3.8) is 0 Å². The number of anilines is 1. The van der Waals surface area contributed by atoms with E-state index in [1.54, 1.807) is 17.0 Å². The summed E-state index contributed by atoms with van der Waals surface area (Å²) in [5, 5.41) is 9.13. The third-order valence-corrected chi connectivity index (χ3v) is 4.10. The van der Waals surface area contributed by atoms with E-state index in [2.05, 4.69) is 12.6 Å². The van der Waals surface area contributed by atoms with Crippen LogP contribution in [0, 0.1) is 17.2 Å². The molecule has 1 amide bonds. The second-order valence-corrected chi connectivity index (χ2v) is 5.12. The number of ether oxygens (including phenoxy) is 1. The maximum Gasteiger partial charge on any atom is 0.233 e. The van der Waals surface area contributed by atoms with Gasteiger partial charge in [-0.15, -0.1) is 6.58 Å². The van der Waals surface area contributed by atoms with Crippen LogP contribution in [0.15, 0.2) is 30.9 Å². The van der Waals surface area contributed by atoms with Gasteiger partial charge in [-0.05, 0) is 30.5 Å². The van der Waals surface area contributed by atoms with Crippen molar-refractivity contribution in [3.05, 3.63) is 42.0 Å². The zero-order chi connectivity index (χ0) is 14.1. The van der Waals surface area contributed by atoms with Gasteiger partial charge in [0.1, 0.15) is 0 Å². The lowest BCUT2D eigenvalue weighted by Crippen LogP contribution is -2.37. The number of carbonyl (C=O) groups excluding carboxylic acids is 1. The lowest BCUT2D eigenvalue weighted by atomic mass is 9.99. The van der Waals surface area contributed by atoms with Gasteiger partial charge < -0.3 is 9.64 Å². The Morgan fingerprint density at radius 1 is 1.55 bits per heavy atom. The zero-order valence-corrected chi connectivity index (χ0v) is 11.2. The third kappa shape index (κ3) is 1.91. The molecular weight excluding hydrogens is 252 g/mol. The largest absolute Gasteiger partial charge is 0.373 e. The van der Waals surface area contributed by atoms with Gasteiger partial charge in [0, 0.05) is 18.8 Å². The van der Waals surface area contributed by atoms with Gasteiger partial charge >= 0.3 is 0 Å². The van der Waals surface area contributed by atoms with E-state index < -0.39 is 0 Å². The molecule has 4 nitrogen and oxygen atoms in total. The van der Waals surface area contributed by atoms with Crippen LogP contribution in [0.5, 0.6) is 0 Å². The molecule has 0 unspecified atom stereocenters. The molecule has 2 aliphatic heterocycles. The van der Waals surface area contributed by atoms with Gasteiger partial charge in [0.15, 0.2) is 0 Å². The number of hydrogen-bond donors (Lipinski definition) is 0. The summed E-state index contributed by atoms with van der Waals surface area (Å²) in [7, 11) is 0. The molecule has 4 heteroatoms. The number of carbonyl (C=O) groups is 1. The highest BCUT2D eigenvalue weighted by Crippen LogP contribution is 2.34.